The van der Waals surface area contributed by atoms with E-state index in [-0.39, 0.29) is 5.54 Å². The first-order valence-electron chi connectivity index (χ1n) is 5.76. The average Bonchev–Trinajstić information content (AvgIpc) is 2.97. The van der Waals surface area contributed by atoms with Crippen molar-refractivity contribution < 1.29 is 4.74 Å². The molecule has 1 aromatic carbocycles. The molecule has 1 aromatic rings. The number of benzene rings is 1. The predicted molar refractivity (Wildman–Crippen MR) is 60.0 cm³/mol. The van der Waals surface area contributed by atoms with Gasteiger partial charge in [0.25, 0.3) is 0 Å². The van der Waals surface area contributed by atoms with Gasteiger partial charge in [-0.1, -0.05) is 12.1 Å². The van der Waals surface area contributed by atoms with E-state index in [1.165, 1.54) is 11.1 Å². The minimum absolute atomic E-state index is 0.0158. The second-order valence-electron chi connectivity index (χ2n) is 4.95. The van der Waals surface area contributed by atoms with Gasteiger partial charge in [-0.2, -0.15) is 0 Å². The van der Waals surface area contributed by atoms with Gasteiger partial charge in [-0.05, 0) is 49.8 Å². The summed E-state index contributed by atoms with van der Waals surface area (Å²) in [5.41, 5.74) is 8.80. The van der Waals surface area contributed by atoms with Crippen molar-refractivity contribution in [2.24, 2.45) is 5.73 Å². The van der Waals surface area contributed by atoms with Gasteiger partial charge >= 0.3 is 0 Å². The molecule has 2 nitrogen and oxygen atoms in total. The molecule has 3 rings (SSSR count). The fourth-order valence-corrected chi connectivity index (χ4v) is 2.26. The van der Waals surface area contributed by atoms with Gasteiger partial charge in [-0.25, -0.2) is 0 Å². The molecule has 15 heavy (non-hydrogen) atoms. The normalized spacial score (nSPS) is 26.7. The van der Waals surface area contributed by atoms with E-state index in [0.29, 0.717) is 6.10 Å². The van der Waals surface area contributed by atoms with Crippen LogP contribution in [0.4, 0.5) is 0 Å². The Morgan fingerprint density at radius 3 is 2.93 bits per heavy atom. The highest BCUT2D eigenvalue weighted by Crippen LogP contribution is 2.44. The van der Waals surface area contributed by atoms with Gasteiger partial charge in [0, 0.05) is 5.54 Å². The molecule has 1 unspecified atom stereocenters. The lowest BCUT2D eigenvalue weighted by Gasteiger charge is -2.24. The molecule has 1 saturated carbocycles. The first kappa shape index (κ1) is 9.22. The Labute approximate surface area is 90.4 Å². The Morgan fingerprint density at radius 2 is 2.20 bits per heavy atom. The van der Waals surface area contributed by atoms with Gasteiger partial charge in [-0.15, -0.1) is 0 Å². The number of aryl methyl sites for hydroxylation is 1. The Kier molecular flexibility index (Phi) is 1.84. The van der Waals surface area contributed by atoms with Crippen LogP contribution in [0.1, 0.15) is 37.3 Å². The third kappa shape index (κ3) is 1.53. The van der Waals surface area contributed by atoms with E-state index in [1.54, 1.807) is 0 Å². The summed E-state index contributed by atoms with van der Waals surface area (Å²) in [5.74, 6) is 1.06. The molecule has 0 spiro atoms. The van der Waals surface area contributed by atoms with E-state index < -0.39 is 0 Å². The summed E-state index contributed by atoms with van der Waals surface area (Å²) in [7, 11) is 0. The summed E-state index contributed by atoms with van der Waals surface area (Å²) in [6, 6.07) is 6.46. The first-order valence-corrected chi connectivity index (χ1v) is 5.76. The summed E-state index contributed by atoms with van der Waals surface area (Å²) in [6.07, 6.45) is 4.86. The molecule has 1 heterocycles. The number of rotatable bonds is 1. The molecular formula is C13H17NO. The van der Waals surface area contributed by atoms with Crippen molar-refractivity contribution in [3.05, 3.63) is 29.3 Å². The summed E-state index contributed by atoms with van der Waals surface area (Å²) < 4.78 is 5.78. The molecule has 1 aliphatic heterocycles. The Bertz CT molecular complexity index is 396. The molecule has 0 amide bonds. The van der Waals surface area contributed by atoms with Crippen LogP contribution in [-0.4, -0.2) is 6.10 Å². The Hall–Kier alpha value is -1.02. The van der Waals surface area contributed by atoms with Gasteiger partial charge in [0.1, 0.15) is 5.75 Å². The third-order valence-electron chi connectivity index (χ3n) is 3.57. The summed E-state index contributed by atoms with van der Waals surface area (Å²) in [4.78, 5) is 0. The lowest BCUT2D eigenvalue weighted by atomic mass is 9.97. The topological polar surface area (TPSA) is 35.2 Å². The van der Waals surface area contributed by atoms with Gasteiger partial charge in [0.2, 0.25) is 0 Å². The van der Waals surface area contributed by atoms with Crippen molar-refractivity contribution >= 4 is 0 Å². The molecule has 1 atom stereocenters. The lowest BCUT2D eigenvalue weighted by Crippen LogP contribution is -2.22. The Balaban J connectivity index is 1.96. The molecule has 0 saturated heterocycles. The van der Waals surface area contributed by atoms with Crippen LogP contribution in [0.3, 0.4) is 0 Å². The third-order valence-corrected chi connectivity index (χ3v) is 3.57. The minimum Gasteiger partial charge on any atom is -0.490 e. The van der Waals surface area contributed by atoms with Crippen molar-refractivity contribution in [1.29, 1.82) is 0 Å². The van der Waals surface area contributed by atoms with Gasteiger partial charge in [-0.3, -0.25) is 0 Å². The van der Waals surface area contributed by atoms with Crippen LogP contribution in [0.15, 0.2) is 18.2 Å². The monoisotopic (exact) mass is 203 g/mol. The average molecular weight is 203 g/mol. The van der Waals surface area contributed by atoms with Crippen LogP contribution in [-0.2, 0) is 12.0 Å². The van der Waals surface area contributed by atoms with E-state index in [9.17, 15) is 0 Å². The highest BCUT2D eigenvalue weighted by Gasteiger charge is 2.40. The summed E-state index contributed by atoms with van der Waals surface area (Å²) >= 11 is 0. The molecule has 2 N–H and O–H groups in total. The van der Waals surface area contributed by atoms with Crippen LogP contribution in [0.2, 0.25) is 0 Å². The van der Waals surface area contributed by atoms with Gasteiger partial charge in [0.05, 0.1) is 6.10 Å². The van der Waals surface area contributed by atoms with Gasteiger partial charge < -0.3 is 10.5 Å². The molecular weight excluding hydrogens is 186 g/mol. The molecule has 0 radical (unpaired) electrons. The van der Waals surface area contributed by atoms with E-state index >= 15 is 0 Å². The number of ether oxygens (including phenoxy) is 1. The fraction of sp³-hybridized carbons (Fsp3) is 0.538. The SMILES string of the molecule is CC1CCc2cc(C3(N)CC3)ccc2O1. The maximum absolute atomic E-state index is 6.19. The standard InChI is InChI=1S/C13H17NO/c1-9-2-3-10-8-11(13(14)6-7-13)4-5-12(10)15-9/h4-5,8-9H,2-3,6-7,14H2,1H3. The molecule has 1 aliphatic carbocycles. The number of nitrogens with two attached hydrogens (primary N) is 1. The zero-order chi connectivity index (χ0) is 10.5. The lowest BCUT2D eigenvalue weighted by molar-refractivity contribution is 0.192. The van der Waals surface area contributed by atoms with Crippen LogP contribution >= 0.6 is 0 Å². The fourth-order valence-electron chi connectivity index (χ4n) is 2.26. The van der Waals surface area contributed by atoms with Crippen molar-refractivity contribution in [2.45, 2.75) is 44.2 Å². The van der Waals surface area contributed by atoms with Crippen molar-refractivity contribution in [3.63, 3.8) is 0 Å². The van der Waals surface area contributed by atoms with Crippen LogP contribution < -0.4 is 10.5 Å². The highest BCUT2D eigenvalue weighted by atomic mass is 16.5. The van der Waals surface area contributed by atoms with Crippen LogP contribution in [0.5, 0.6) is 5.75 Å². The molecule has 1 fully saturated rings. The molecule has 2 heteroatoms. The quantitative estimate of drug-likeness (QED) is 0.760. The minimum atomic E-state index is -0.0158. The number of fused-ring (bicyclic) bond motifs is 1. The smallest absolute Gasteiger partial charge is 0.122 e. The predicted octanol–water partition coefficient (Wildman–Crippen LogP) is 2.35. The second-order valence-corrected chi connectivity index (χ2v) is 4.95. The van der Waals surface area contributed by atoms with E-state index in [1.807, 2.05) is 0 Å². The maximum Gasteiger partial charge on any atom is 0.122 e. The molecule has 2 aliphatic rings. The van der Waals surface area contributed by atoms with Crippen LogP contribution in [0.25, 0.3) is 0 Å². The van der Waals surface area contributed by atoms with Gasteiger partial charge in [0.15, 0.2) is 0 Å². The zero-order valence-electron chi connectivity index (χ0n) is 9.12. The summed E-state index contributed by atoms with van der Waals surface area (Å²) in [6.45, 7) is 2.13. The molecule has 0 aromatic heterocycles. The molecule has 0 bridgehead atoms. The van der Waals surface area contributed by atoms with Crippen molar-refractivity contribution in [1.82, 2.24) is 0 Å². The first-order chi connectivity index (χ1) is 7.17. The zero-order valence-corrected chi connectivity index (χ0v) is 9.12. The molecule has 80 valence electrons. The number of hydrogen-bond acceptors (Lipinski definition) is 2. The largest absolute Gasteiger partial charge is 0.490 e. The van der Waals surface area contributed by atoms with Crippen LogP contribution in [0, 0.1) is 0 Å². The highest BCUT2D eigenvalue weighted by molar-refractivity contribution is 5.42. The van der Waals surface area contributed by atoms with E-state index in [0.717, 1.165) is 31.4 Å². The van der Waals surface area contributed by atoms with E-state index in [4.69, 9.17) is 10.5 Å². The van der Waals surface area contributed by atoms with E-state index in [2.05, 4.69) is 25.1 Å². The number of hydrogen-bond donors (Lipinski definition) is 1. The van der Waals surface area contributed by atoms with Crippen molar-refractivity contribution in [3.8, 4) is 5.75 Å². The Morgan fingerprint density at radius 1 is 1.40 bits per heavy atom. The second kappa shape index (κ2) is 2.99. The summed E-state index contributed by atoms with van der Waals surface area (Å²) in [5, 5.41) is 0. The maximum atomic E-state index is 6.19. The van der Waals surface area contributed by atoms with Crippen molar-refractivity contribution in [2.75, 3.05) is 0 Å².